The number of carbonyl (C=O) groups excluding carboxylic acids is 1. The molecule has 3 atom stereocenters. The molecule has 0 aromatic heterocycles. The molecule has 3 nitrogen and oxygen atoms in total. The lowest BCUT2D eigenvalue weighted by Gasteiger charge is -2.41. The van der Waals surface area contributed by atoms with Crippen LogP contribution in [0.4, 0.5) is 13.2 Å². The number of benzene rings is 1. The predicted octanol–water partition coefficient (Wildman–Crippen LogP) is 4.02. The van der Waals surface area contributed by atoms with E-state index in [2.05, 4.69) is 5.32 Å². The lowest BCUT2D eigenvalue weighted by Crippen LogP contribution is -2.50. The summed E-state index contributed by atoms with van der Waals surface area (Å²) in [7, 11) is 1.81. The summed E-state index contributed by atoms with van der Waals surface area (Å²) in [6, 6.07) is 5.74. The van der Waals surface area contributed by atoms with Gasteiger partial charge in [-0.2, -0.15) is 13.2 Å². The second-order valence-electron chi connectivity index (χ2n) is 7.60. The van der Waals surface area contributed by atoms with Gasteiger partial charge in [-0.1, -0.05) is 31.0 Å². The number of nitrogens with one attached hydrogen (secondary N) is 1. The van der Waals surface area contributed by atoms with E-state index in [4.69, 9.17) is 0 Å². The quantitative estimate of drug-likeness (QED) is 0.871. The molecule has 1 aliphatic carbocycles. The van der Waals surface area contributed by atoms with Crippen LogP contribution in [0, 0.1) is 5.92 Å². The smallest absolute Gasteiger partial charge is 0.342 e. The Hall–Kier alpha value is -1.56. The molecule has 0 spiro atoms. The summed E-state index contributed by atoms with van der Waals surface area (Å²) < 4.78 is 38.6. The molecule has 2 aliphatic rings. The van der Waals surface area contributed by atoms with Crippen molar-refractivity contribution in [3.8, 4) is 0 Å². The van der Waals surface area contributed by atoms with Gasteiger partial charge >= 0.3 is 6.18 Å². The van der Waals surface area contributed by atoms with Crippen LogP contribution in [0.2, 0.25) is 0 Å². The van der Waals surface area contributed by atoms with Crippen LogP contribution in [0.1, 0.15) is 49.7 Å². The molecule has 3 rings (SSSR count). The van der Waals surface area contributed by atoms with Crippen LogP contribution in [-0.2, 0) is 17.4 Å². The van der Waals surface area contributed by atoms with Crippen molar-refractivity contribution in [3.05, 3.63) is 35.4 Å². The zero-order chi connectivity index (χ0) is 18.7. The van der Waals surface area contributed by atoms with Crippen LogP contribution in [0.5, 0.6) is 0 Å². The van der Waals surface area contributed by atoms with Gasteiger partial charge < -0.3 is 10.2 Å². The Balaban J connectivity index is 1.68. The average molecular weight is 368 g/mol. The fraction of sp³-hybridized carbons (Fsp3) is 0.650. The van der Waals surface area contributed by atoms with E-state index < -0.39 is 11.7 Å². The number of amides is 1. The first-order valence-electron chi connectivity index (χ1n) is 9.51. The van der Waals surface area contributed by atoms with Crippen molar-refractivity contribution >= 4 is 5.91 Å². The molecule has 1 saturated carbocycles. The molecule has 144 valence electrons. The summed E-state index contributed by atoms with van der Waals surface area (Å²) in [5.74, 6) is 0.348. The van der Waals surface area contributed by atoms with Crippen molar-refractivity contribution in [2.45, 2.75) is 63.2 Å². The summed E-state index contributed by atoms with van der Waals surface area (Å²) in [6.07, 6.45) is 2.35. The van der Waals surface area contributed by atoms with Crippen LogP contribution in [0.15, 0.2) is 24.3 Å². The first-order valence-corrected chi connectivity index (χ1v) is 9.51. The number of nitrogens with zero attached hydrogens (tertiary/aromatic N) is 1. The third-order valence-electron chi connectivity index (χ3n) is 5.90. The zero-order valence-electron chi connectivity index (χ0n) is 15.2. The van der Waals surface area contributed by atoms with Crippen molar-refractivity contribution in [2.24, 2.45) is 5.92 Å². The molecule has 3 unspecified atom stereocenters. The van der Waals surface area contributed by atoms with Crippen LogP contribution in [-0.4, -0.2) is 36.5 Å². The third-order valence-corrected chi connectivity index (χ3v) is 5.90. The Morgan fingerprint density at radius 3 is 2.65 bits per heavy atom. The zero-order valence-corrected chi connectivity index (χ0v) is 15.2. The summed E-state index contributed by atoms with van der Waals surface area (Å²) in [5.41, 5.74) is -0.279. The van der Waals surface area contributed by atoms with Gasteiger partial charge in [0, 0.05) is 19.1 Å². The minimum atomic E-state index is -4.38. The number of hydrogen-bond donors (Lipinski definition) is 1. The van der Waals surface area contributed by atoms with Gasteiger partial charge in [-0.25, -0.2) is 0 Å². The molecule has 6 heteroatoms. The van der Waals surface area contributed by atoms with Gasteiger partial charge in [-0.3, -0.25) is 4.79 Å². The largest absolute Gasteiger partial charge is 0.416 e. The molecule has 2 fully saturated rings. The molecule has 1 aromatic rings. The van der Waals surface area contributed by atoms with E-state index in [1.807, 2.05) is 7.05 Å². The maximum absolute atomic E-state index is 12.9. The summed E-state index contributed by atoms with van der Waals surface area (Å²) in [5, 5.41) is 3.56. The lowest BCUT2D eigenvalue weighted by atomic mass is 9.78. The van der Waals surface area contributed by atoms with E-state index in [9.17, 15) is 18.0 Å². The second kappa shape index (κ2) is 7.99. The topological polar surface area (TPSA) is 32.3 Å². The van der Waals surface area contributed by atoms with Crippen molar-refractivity contribution < 1.29 is 18.0 Å². The first kappa shape index (κ1) is 19.2. The predicted molar refractivity (Wildman–Crippen MR) is 94.7 cm³/mol. The van der Waals surface area contributed by atoms with Gasteiger partial charge in [0.2, 0.25) is 5.91 Å². The van der Waals surface area contributed by atoms with Crippen LogP contribution >= 0.6 is 0 Å². The lowest BCUT2D eigenvalue weighted by molar-refractivity contribution is -0.138. The Morgan fingerprint density at radius 2 is 1.96 bits per heavy atom. The van der Waals surface area contributed by atoms with E-state index >= 15 is 0 Å². The molecule has 1 amide bonds. The van der Waals surface area contributed by atoms with Crippen LogP contribution in [0.3, 0.4) is 0 Å². The van der Waals surface area contributed by atoms with Gasteiger partial charge in [0.15, 0.2) is 0 Å². The Morgan fingerprint density at radius 1 is 1.19 bits per heavy atom. The first-order chi connectivity index (χ1) is 12.4. The molecule has 1 aliphatic heterocycles. The van der Waals surface area contributed by atoms with Crippen LogP contribution in [0.25, 0.3) is 0 Å². The minimum Gasteiger partial charge on any atom is -0.342 e. The Bertz CT molecular complexity index is 626. The number of carbonyl (C=O) groups is 1. The monoisotopic (exact) mass is 368 g/mol. The molecule has 1 saturated heterocycles. The highest BCUT2D eigenvalue weighted by atomic mass is 19.4. The number of rotatable bonds is 4. The number of halogens is 3. The number of likely N-dealkylation sites (N-methyl/N-ethyl adjacent to an activating group) is 1. The van der Waals surface area contributed by atoms with Gasteiger partial charge in [0.25, 0.3) is 0 Å². The van der Waals surface area contributed by atoms with Crippen LogP contribution < -0.4 is 5.32 Å². The van der Waals surface area contributed by atoms with E-state index in [0.717, 1.165) is 44.4 Å². The SMILES string of the molecule is CN(C(=O)Cc1cccc(C(F)(F)F)c1)C1CCCCC1C1CCCN1. The highest BCUT2D eigenvalue weighted by Crippen LogP contribution is 2.34. The number of alkyl halides is 3. The maximum Gasteiger partial charge on any atom is 0.416 e. The Kier molecular flexibility index (Phi) is 5.90. The second-order valence-corrected chi connectivity index (χ2v) is 7.60. The van der Waals surface area contributed by atoms with E-state index in [-0.39, 0.29) is 18.4 Å². The standard InChI is InChI=1S/C20H27F3N2O/c1-25(18-10-3-2-8-16(18)17-9-5-11-24-17)19(26)13-14-6-4-7-15(12-14)20(21,22)23/h4,6-7,12,16-18,24H,2-3,5,8-11,13H2,1H3. The van der Waals surface area contributed by atoms with Gasteiger partial charge in [-0.05, 0) is 49.8 Å². The summed E-state index contributed by atoms with van der Waals surface area (Å²) in [6.45, 7) is 1.04. The van der Waals surface area contributed by atoms with Crippen molar-refractivity contribution in [1.82, 2.24) is 10.2 Å². The normalized spacial score (nSPS) is 26.7. The molecule has 1 heterocycles. The third kappa shape index (κ3) is 4.40. The van der Waals surface area contributed by atoms with Crippen molar-refractivity contribution in [2.75, 3.05) is 13.6 Å². The highest BCUT2D eigenvalue weighted by Gasteiger charge is 2.37. The van der Waals surface area contributed by atoms with Gasteiger partial charge in [0.1, 0.15) is 0 Å². The van der Waals surface area contributed by atoms with Gasteiger partial charge in [0.05, 0.1) is 12.0 Å². The van der Waals surface area contributed by atoms with E-state index in [0.29, 0.717) is 17.5 Å². The van der Waals surface area contributed by atoms with Gasteiger partial charge in [-0.15, -0.1) is 0 Å². The molecule has 1 N–H and O–H groups in total. The Labute approximate surface area is 152 Å². The molecule has 1 aromatic carbocycles. The number of hydrogen-bond acceptors (Lipinski definition) is 2. The fourth-order valence-electron chi connectivity index (χ4n) is 4.51. The molecular weight excluding hydrogens is 341 g/mol. The molecule has 0 radical (unpaired) electrons. The fourth-order valence-corrected chi connectivity index (χ4v) is 4.51. The maximum atomic E-state index is 12.9. The highest BCUT2D eigenvalue weighted by molar-refractivity contribution is 5.79. The van der Waals surface area contributed by atoms with E-state index in [1.54, 1.807) is 11.0 Å². The van der Waals surface area contributed by atoms with E-state index in [1.165, 1.54) is 18.9 Å². The summed E-state index contributed by atoms with van der Waals surface area (Å²) >= 11 is 0. The molecular formula is C20H27F3N2O. The average Bonchev–Trinajstić information content (AvgIpc) is 3.15. The molecule has 26 heavy (non-hydrogen) atoms. The summed E-state index contributed by atoms with van der Waals surface area (Å²) in [4.78, 5) is 14.6. The van der Waals surface area contributed by atoms with Crippen molar-refractivity contribution in [3.63, 3.8) is 0 Å². The minimum absolute atomic E-state index is 0.0156. The van der Waals surface area contributed by atoms with Crippen molar-refractivity contribution in [1.29, 1.82) is 0 Å². The molecule has 0 bridgehead atoms.